The maximum absolute atomic E-state index is 11.6. The lowest BCUT2D eigenvalue weighted by Gasteiger charge is -2.08. The highest BCUT2D eigenvalue weighted by Gasteiger charge is 2.10. The van der Waals surface area contributed by atoms with Crippen molar-refractivity contribution in [1.29, 1.82) is 0 Å². The summed E-state index contributed by atoms with van der Waals surface area (Å²) in [6.07, 6.45) is 2.13. The molecule has 0 aromatic heterocycles. The number of ketones is 1. The predicted octanol–water partition coefficient (Wildman–Crippen LogP) is 3.61. The number of carbonyl (C=O) groups excluding carboxylic acids is 1. The first kappa shape index (κ1) is 12.0. The van der Waals surface area contributed by atoms with Crippen LogP contribution in [0.5, 0.6) is 5.75 Å². The highest BCUT2D eigenvalue weighted by molar-refractivity contribution is 9.10. The van der Waals surface area contributed by atoms with E-state index in [2.05, 4.69) is 22.5 Å². The van der Waals surface area contributed by atoms with E-state index in [0.717, 1.165) is 4.47 Å². The summed E-state index contributed by atoms with van der Waals surface area (Å²) in [6.45, 7) is 5.81. The third kappa shape index (κ3) is 3.20. The molecule has 0 saturated carbocycles. The second-order valence-corrected chi connectivity index (χ2v) is 3.93. The first-order valence-corrected chi connectivity index (χ1v) is 5.54. The molecule has 0 atom stereocenters. The smallest absolute Gasteiger partial charge is 0.166 e. The minimum Gasteiger partial charge on any atom is -0.489 e. The maximum atomic E-state index is 11.6. The van der Waals surface area contributed by atoms with E-state index in [0.29, 0.717) is 24.3 Å². The van der Waals surface area contributed by atoms with Crippen molar-refractivity contribution >= 4 is 21.7 Å². The molecule has 0 aliphatic rings. The van der Waals surface area contributed by atoms with E-state index in [1.54, 1.807) is 18.2 Å². The standard InChI is InChI=1S/C12H13BrO2/c1-3-7-15-12-6-5-9(13)8-10(12)11(14)4-2/h3,5-6,8H,1,4,7H2,2H3. The average Bonchev–Trinajstić information content (AvgIpc) is 2.26. The molecule has 15 heavy (non-hydrogen) atoms. The van der Waals surface area contributed by atoms with Gasteiger partial charge in [0.2, 0.25) is 0 Å². The number of halogens is 1. The number of rotatable bonds is 5. The number of ether oxygens (including phenoxy) is 1. The first-order valence-electron chi connectivity index (χ1n) is 4.75. The summed E-state index contributed by atoms with van der Waals surface area (Å²) in [4.78, 5) is 11.6. The van der Waals surface area contributed by atoms with Gasteiger partial charge < -0.3 is 4.74 Å². The fourth-order valence-corrected chi connectivity index (χ4v) is 1.55. The lowest BCUT2D eigenvalue weighted by Crippen LogP contribution is -2.03. The van der Waals surface area contributed by atoms with Gasteiger partial charge in [-0.15, -0.1) is 0 Å². The van der Waals surface area contributed by atoms with Crippen molar-refractivity contribution in [2.75, 3.05) is 6.61 Å². The number of hydrogen-bond acceptors (Lipinski definition) is 2. The molecule has 0 heterocycles. The molecule has 0 fully saturated rings. The van der Waals surface area contributed by atoms with Gasteiger partial charge in [0.1, 0.15) is 12.4 Å². The molecule has 0 amide bonds. The van der Waals surface area contributed by atoms with E-state index < -0.39 is 0 Å². The van der Waals surface area contributed by atoms with Crippen LogP contribution in [0.1, 0.15) is 23.7 Å². The van der Waals surface area contributed by atoms with Crippen LogP contribution >= 0.6 is 15.9 Å². The van der Waals surface area contributed by atoms with Crippen LogP contribution in [0.4, 0.5) is 0 Å². The lowest BCUT2D eigenvalue weighted by molar-refractivity contribution is 0.0984. The van der Waals surface area contributed by atoms with Crippen LogP contribution in [0.15, 0.2) is 35.3 Å². The lowest BCUT2D eigenvalue weighted by atomic mass is 10.1. The second-order valence-electron chi connectivity index (χ2n) is 3.02. The van der Waals surface area contributed by atoms with Gasteiger partial charge in [-0.2, -0.15) is 0 Å². The molecule has 0 radical (unpaired) electrons. The SMILES string of the molecule is C=CCOc1ccc(Br)cc1C(=O)CC. The summed E-state index contributed by atoms with van der Waals surface area (Å²) in [7, 11) is 0. The minimum absolute atomic E-state index is 0.0790. The third-order valence-electron chi connectivity index (χ3n) is 1.92. The van der Waals surface area contributed by atoms with Gasteiger partial charge in [0.15, 0.2) is 5.78 Å². The Labute approximate surface area is 98.1 Å². The monoisotopic (exact) mass is 268 g/mol. The van der Waals surface area contributed by atoms with Crippen molar-refractivity contribution in [1.82, 2.24) is 0 Å². The molecule has 0 saturated heterocycles. The molecule has 0 aliphatic heterocycles. The van der Waals surface area contributed by atoms with Gasteiger partial charge in [0.05, 0.1) is 5.56 Å². The molecule has 0 unspecified atom stereocenters. The number of Topliss-reactive ketones (excluding diaryl/α,β-unsaturated/α-hetero) is 1. The molecule has 0 bridgehead atoms. The molecule has 0 aliphatic carbocycles. The third-order valence-corrected chi connectivity index (χ3v) is 2.41. The molecule has 0 N–H and O–H groups in total. The quantitative estimate of drug-likeness (QED) is 0.603. The molecule has 0 spiro atoms. The molecule has 1 aromatic carbocycles. The Bertz CT molecular complexity index is 372. The van der Waals surface area contributed by atoms with Gasteiger partial charge in [0.25, 0.3) is 0 Å². The molecular formula is C12H13BrO2. The van der Waals surface area contributed by atoms with Crippen LogP contribution in [-0.2, 0) is 0 Å². The summed E-state index contributed by atoms with van der Waals surface area (Å²) in [5.41, 5.74) is 0.619. The molecule has 2 nitrogen and oxygen atoms in total. The summed E-state index contributed by atoms with van der Waals surface area (Å²) >= 11 is 3.33. The Morgan fingerprint density at radius 1 is 1.60 bits per heavy atom. The fourth-order valence-electron chi connectivity index (χ4n) is 1.19. The number of hydrogen-bond donors (Lipinski definition) is 0. The first-order chi connectivity index (χ1) is 7.19. The van der Waals surface area contributed by atoms with Crippen molar-refractivity contribution < 1.29 is 9.53 Å². The summed E-state index contributed by atoms with van der Waals surface area (Å²) in [6, 6.07) is 5.42. The zero-order chi connectivity index (χ0) is 11.3. The van der Waals surface area contributed by atoms with Crippen LogP contribution in [0.3, 0.4) is 0 Å². The van der Waals surface area contributed by atoms with Crippen LogP contribution < -0.4 is 4.74 Å². The summed E-state index contributed by atoms with van der Waals surface area (Å²) in [5.74, 6) is 0.695. The average molecular weight is 269 g/mol. The van der Waals surface area contributed by atoms with Crippen LogP contribution in [0, 0.1) is 0 Å². The van der Waals surface area contributed by atoms with Gasteiger partial charge in [0, 0.05) is 10.9 Å². The predicted molar refractivity (Wildman–Crippen MR) is 64.5 cm³/mol. The van der Waals surface area contributed by atoms with Gasteiger partial charge >= 0.3 is 0 Å². The number of carbonyl (C=O) groups is 1. The summed E-state index contributed by atoms with van der Waals surface area (Å²) in [5, 5.41) is 0. The Morgan fingerprint density at radius 2 is 2.33 bits per heavy atom. The van der Waals surface area contributed by atoms with E-state index in [1.165, 1.54) is 0 Å². The highest BCUT2D eigenvalue weighted by Crippen LogP contribution is 2.24. The van der Waals surface area contributed by atoms with Crippen molar-refractivity contribution in [3.8, 4) is 5.75 Å². The van der Waals surface area contributed by atoms with E-state index in [-0.39, 0.29) is 5.78 Å². The van der Waals surface area contributed by atoms with Gasteiger partial charge in [-0.3, -0.25) is 4.79 Å². The normalized spacial score (nSPS) is 9.73. The molecule has 3 heteroatoms. The van der Waals surface area contributed by atoms with Gasteiger partial charge in [-0.05, 0) is 18.2 Å². The van der Waals surface area contributed by atoms with Gasteiger partial charge in [-0.25, -0.2) is 0 Å². The van der Waals surface area contributed by atoms with E-state index in [4.69, 9.17) is 4.74 Å². The molecule has 1 aromatic rings. The molecular weight excluding hydrogens is 256 g/mol. The van der Waals surface area contributed by atoms with Crippen molar-refractivity contribution in [3.63, 3.8) is 0 Å². The molecule has 1 rings (SSSR count). The van der Waals surface area contributed by atoms with Crippen molar-refractivity contribution in [2.24, 2.45) is 0 Å². The second kappa shape index (κ2) is 5.71. The maximum Gasteiger partial charge on any atom is 0.166 e. The Balaban J connectivity index is 3.02. The highest BCUT2D eigenvalue weighted by atomic mass is 79.9. The van der Waals surface area contributed by atoms with Crippen molar-refractivity contribution in [3.05, 3.63) is 40.9 Å². The van der Waals surface area contributed by atoms with Crippen molar-refractivity contribution in [2.45, 2.75) is 13.3 Å². The molecule has 80 valence electrons. The van der Waals surface area contributed by atoms with Gasteiger partial charge in [-0.1, -0.05) is 35.5 Å². The summed E-state index contributed by atoms with van der Waals surface area (Å²) < 4.78 is 6.28. The van der Waals surface area contributed by atoms with Crippen LogP contribution in [0.25, 0.3) is 0 Å². The Morgan fingerprint density at radius 3 is 2.93 bits per heavy atom. The Kier molecular flexibility index (Phi) is 4.56. The topological polar surface area (TPSA) is 26.3 Å². The fraction of sp³-hybridized carbons (Fsp3) is 0.250. The zero-order valence-corrected chi connectivity index (χ0v) is 10.2. The zero-order valence-electron chi connectivity index (χ0n) is 8.63. The Hall–Kier alpha value is -1.09. The largest absolute Gasteiger partial charge is 0.489 e. The van der Waals surface area contributed by atoms with E-state index in [1.807, 2.05) is 13.0 Å². The number of benzene rings is 1. The van der Waals surface area contributed by atoms with E-state index in [9.17, 15) is 4.79 Å². The van der Waals surface area contributed by atoms with Crippen LogP contribution in [0.2, 0.25) is 0 Å². The van der Waals surface area contributed by atoms with Crippen LogP contribution in [-0.4, -0.2) is 12.4 Å². The van der Waals surface area contributed by atoms with E-state index >= 15 is 0 Å². The minimum atomic E-state index is 0.0790.